The second-order valence-corrected chi connectivity index (χ2v) is 5.60. The normalized spacial score (nSPS) is 16.3. The van der Waals surface area contributed by atoms with Crippen LogP contribution in [0.4, 0.5) is 8.78 Å². The Morgan fingerprint density at radius 3 is 1.96 bits per heavy atom. The predicted octanol–water partition coefficient (Wildman–Crippen LogP) is 3.52. The number of alkyl halides is 2. The van der Waals surface area contributed by atoms with Crippen LogP contribution >= 0.6 is 40.7 Å². The molecule has 1 atom stereocenters. The van der Waals surface area contributed by atoms with E-state index in [1.54, 1.807) is 17.0 Å². The first-order valence-electron chi connectivity index (χ1n) is 6.72. The first kappa shape index (κ1) is 22.7. The van der Waals surface area contributed by atoms with Crippen LogP contribution in [0.15, 0.2) is 16.6 Å². The van der Waals surface area contributed by atoms with Crippen molar-refractivity contribution in [3.8, 4) is 11.5 Å². The van der Waals surface area contributed by atoms with Crippen molar-refractivity contribution in [3.05, 3.63) is 22.2 Å². The molecule has 1 aromatic rings. The summed E-state index contributed by atoms with van der Waals surface area (Å²) in [6, 6.07) is 2.33. The number of ether oxygens (including phenoxy) is 2. The van der Waals surface area contributed by atoms with E-state index in [4.69, 9.17) is 9.47 Å². The van der Waals surface area contributed by atoms with Gasteiger partial charge in [0.2, 0.25) is 0 Å². The minimum atomic E-state index is -2.47. The number of nitrogens with zero attached hydrogens (tertiary/aromatic N) is 1. The van der Waals surface area contributed by atoms with Gasteiger partial charge in [-0.15, -0.1) is 24.8 Å². The van der Waals surface area contributed by atoms with Crippen molar-refractivity contribution < 1.29 is 18.3 Å². The van der Waals surface area contributed by atoms with Crippen LogP contribution in [0.25, 0.3) is 0 Å². The lowest BCUT2D eigenvalue weighted by atomic mass is 10.0. The summed E-state index contributed by atoms with van der Waals surface area (Å²) < 4.78 is 38.3. The molecule has 4 nitrogen and oxygen atoms in total. The quantitative estimate of drug-likeness (QED) is 0.764. The summed E-state index contributed by atoms with van der Waals surface area (Å²) in [4.78, 5) is 1.79. The van der Waals surface area contributed by atoms with Crippen LogP contribution in [0, 0.1) is 0 Å². The number of halogens is 5. The average molecular weight is 438 g/mol. The highest BCUT2D eigenvalue weighted by molar-refractivity contribution is 9.10. The van der Waals surface area contributed by atoms with E-state index in [9.17, 15) is 8.78 Å². The summed E-state index contributed by atoms with van der Waals surface area (Å²) >= 11 is 3.36. The monoisotopic (exact) mass is 436 g/mol. The van der Waals surface area contributed by atoms with E-state index in [2.05, 4.69) is 21.2 Å². The average Bonchev–Trinajstić information content (AvgIpc) is 2.49. The molecule has 134 valence electrons. The zero-order valence-electron chi connectivity index (χ0n) is 12.9. The summed E-state index contributed by atoms with van der Waals surface area (Å²) in [5.41, 5.74) is 0.504. The zero-order valence-corrected chi connectivity index (χ0v) is 16.1. The van der Waals surface area contributed by atoms with Crippen molar-refractivity contribution in [1.29, 1.82) is 0 Å². The molecule has 0 amide bonds. The Labute approximate surface area is 155 Å². The fourth-order valence-electron chi connectivity index (χ4n) is 2.54. The van der Waals surface area contributed by atoms with Crippen molar-refractivity contribution in [2.45, 2.75) is 12.5 Å². The van der Waals surface area contributed by atoms with Gasteiger partial charge in [0.05, 0.1) is 20.3 Å². The van der Waals surface area contributed by atoms with E-state index in [-0.39, 0.29) is 24.8 Å². The molecule has 1 fully saturated rings. The first-order valence-corrected chi connectivity index (χ1v) is 7.52. The van der Waals surface area contributed by atoms with E-state index in [1.807, 2.05) is 0 Å². The highest BCUT2D eigenvalue weighted by Crippen LogP contribution is 2.39. The molecule has 2 rings (SSSR count). The molecule has 23 heavy (non-hydrogen) atoms. The molecule has 1 aliphatic heterocycles. The van der Waals surface area contributed by atoms with E-state index < -0.39 is 12.5 Å². The van der Waals surface area contributed by atoms with Crippen LogP contribution in [-0.2, 0) is 0 Å². The van der Waals surface area contributed by atoms with Crippen LogP contribution in [-0.4, -0.2) is 51.7 Å². The number of hydrogen-bond donors (Lipinski definition) is 1. The number of piperazine rings is 1. The number of hydrogen-bond acceptors (Lipinski definition) is 4. The summed E-state index contributed by atoms with van der Waals surface area (Å²) in [6.07, 6.45) is -2.47. The molecule has 1 aromatic carbocycles. The van der Waals surface area contributed by atoms with Gasteiger partial charge in [-0.1, -0.05) is 0 Å². The predicted molar refractivity (Wildman–Crippen MR) is 94.9 cm³/mol. The molecule has 9 heteroatoms. The van der Waals surface area contributed by atoms with Crippen LogP contribution in [0.2, 0.25) is 0 Å². The van der Waals surface area contributed by atoms with Gasteiger partial charge in [-0.05, 0) is 33.6 Å². The molecule has 0 saturated carbocycles. The highest BCUT2D eigenvalue weighted by Gasteiger charge is 2.31. The largest absolute Gasteiger partial charge is 0.495 e. The Kier molecular flexibility index (Phi) is 10.4. The maximum Gasteiger partial charge on any atom is 0.258 e. The maximum atomic E-state index is 13.6. The summed E-state index contributed by atoms with van der Waals surface area (Å²) in [5, 5.41) is 3.17. The van der Waals surface area contributed by atoms with Gasteiger partial charge in [0, 0.05) is 26.2 Å². The minimum absolute atomic E-state index is 0. The van der Waals surface area contributed by atoms with E-state index in [0.29, 0.717) is 47.7 Å². The Hall–Kier alpha value is -0.340. The zero-order chi connectivity index (χ0) is 15.4. The Balaban J connectivity index is 0.00000242. The third-order valence-electron chi connectivity index (χ3n) is 3.59. The van der Waals surface area contributed by atoms with Crippen molar-refractivity contribution in [2.24, 2.45) is 0 Å². The van der Waals surface area contributed by atoms with Crippen molar-refractivity contribution in [3.63, 3.8) is 0 Å². The van der Waals surface area contributed by atoms with Crippen molar-refractivity contribution in [2.75, 3.05) is 40.4 Å². The summed E-state index contributed by atoms with van der Waals surface area (Å²) in [7, 11) is 3.01. The van der Waals surface area contributed by atoms with Crippen molar-refractivity contribution in [1.82, 2.24) is 10.2 Å². The third-order valence-corrected chi connectivity index (χ3v) is 4.37. The molecular weight excluding hydrogens is 417 g/mol. The fraction of sp³-hybridized carbons (Fsp3) is 0.571. The second kappa shape index (κ2) is 10.5. The lowest BCUT2D eigenvalue weighted by molar-refractivity contribution is 0.0180. The molecule has 0 aromatic heterocycles. The van der Waals surface area contributed by atoms with Crippen molar-refractivity contribution >= 4 is 40.7 Å². The van der Waals surface area contributed by atoms with Gasteiger partial charge >= 0.3 is 0 Å². The van der Waals surface area contributed by atoms with Gasteiger partial charge in [-0.25, -0.2) is 8.78 Å². The molecule has 0 bridgehead atoms. The second-order valence-electron chi connectivity index (χ2n) is 4.80. The van der Waals surface area contributed by atoms with Crippen LogP contribution in [0.1, 0.15) is 11.6 Å². The maximum absolute atomic E-state index is 13.6. The Bertz CT molecular complexity index is 467. The van der Waals surface area contributed by atoms with Crippen LogP contribution < -0.4 is 14.8 Å². The molecule has 1 N–H and O–H groups in total. The molecule has 1 saturated heterocycles. The third kappa shape index (κ3) is 5.32. The highest BCUT2D eigenvalue weighted by atomic mass is 79.9. The summed E-state index contributed by atoms with van der Waals surface area (Å²) in [6.45, 7) is 2.62. The van der Waals surface area contributed by atoms with Gasteiger partial charge in [-0.2, -0.15) is 0 Å². The Morgan fingerprint density at radius 1 is 1.09 bits per heavy atom. The number of nitrogens with one attached hydrogen (secondary N) is 1. The lowest BCUT2D eigenvalue weighted by Crippen LogP contribution is -2.46. The van der Waals surface area contributed by atoms with Gasteiger partial charge in [0.1, 0.15) is 16.0 Å². The SMILES string of the molecule is COc1cc([C@H](C(F)F)N2CCNCC2)cc(OC)c1Br.Cl.Cl. The fourth-order valence-corrected chi connectivity index (χ4v) is 3.09. The van der Waals surface area contributed by atoms with Crippen LogP contribution in [0.5, 0.6) is 11.5 Å². The van der Waals surface area contributed by atoms with E-state index in [0.717, 1.165) is 0 Å². The van der Waals surface area contributed by atoms with E-state index in [1.165, 1.54) is 14.2 Å². The standard InChI is InChI=1S/C14H19BrF2N2O2.2ClH/c1-20-10-7-9(8-11(21-2)12(10)15)13(14(16)17)19-5-3-18-4-6-19;;/h7-8,13-14,18H,3-6H2,1-2H3;2*1H/t13-;;/m1../s1. The summed E-state index contributed by atoms with van der Waals surface area (Å²) in [5.74, 6) is 0.982. The van der Waals surface area contributed by atoms with E-state index >= 15 is 0 Å². The van der Waals surface area contributed by atoms with Gasteiger partial charge in [0.15, 0.2) is 0 Å². The Morgan fingerprint density at radius 2 is 1.57 bits per heavy atom. The molecule has 0 radical (unpaired) electrons. The molecule has 0 aliphatic carbocycles. The lowest BCUT2D eigenvalue weighted by Gasteiger charge is -2.35. The topological polar surface area (TPSA) is 33.7 Å². The molecule has 1 heterocycles. The van der Waals surface area contributed by atoms with Gasteiger partial charge in [-0.3, -0.25) is 4.90 Å². The molecule has 1 aliphatic rings. The smallest absolute Gasteiger partial charge is 0.258 e. The van der Waals surface area contributed by atoms with Gasteiger partial charge in [0.25, 0.3) is 6.43 Å². The first-order chi connectivity index (χ1) is 10.1. The molecular formula is C14H21BrCl2F2N2O2. The number of rotatable bonds is 5. The molecule has 0 spiro atoms. The number of methoxy groups -OCH3 is 2. The van der Waals surface area contributed by atoms with Crippen LogP contribution in [0.3, 0.4) is 0 Å². The number of benzene rings is 1. The molecule has 0 unspecified atom stereocenters. The van der Waals surface area contributed by atoms with Gasteiger partial charge < -0.3 is 14.8 Å². The minimum Gasteiger partial charge on any atom is -0.495 e.